The molecule has 2 aromatic rings. The van der Waals surface area contributed by atoms with Crippen molar-refractivity contribution < 1.29 is 14.1 Å². The molecule has 1 saturated carbocycles. The van der Waals surface area contributed by atoms with Crippen LogP contribution in [0.4, 0.5) is 10.1 Å². The minimum absolute atomic E-state index is 0.0869. The summed E-state index contributed by atoms with van der Waals surface area (Å²) in [4.78, 5) is 22.4. The first kappa shape index (κ1) is 16.0. The van der Waals surface area contributed by atoms with Crippen LogP contribution in [0.1, 0.15) is 47.2 Å². The van der Waals surface area contributed by atoms with Crippen molar-refractivity contribution in [3.05, 3.63) is 51.3 Å². The average Bonchev–Trinajstić information content (AvgIpc) is 2.84. The van der Waals surface area contributed by atoms with Gasteiger partial charge in [-0.1, -0.05) is 6.42 Å². The fraction of sp³-hybridized carbons (Fsp3) is 0.400. The van der Waals surface area contributed by atoms with Crippen LogP contribution in [0.15, 0.2) is 18.2 Å². The first-order valence-corrected chi connectivity index (χ1v) is 7.57. The molecule has 1 heterocycles. The molecule has 0 saturated heterocycles. The maximum absolute atomic E-state index is 13.1. The molecule has 126 valence electrons. The van der Waals surface area contributed by atoms with Gasteiger partial charge in [0.1, 0.15) is 17.2 Å². The van der Waals surface area contributed by atoms with E-state index in [1.807, 2.05) is 11.6 Å². The molecule has 1 aromatic heterocycles. The lowest BCUT2D eigenvalue weighted by Gasteiger charge is -2.24. The molecule has 1 fully saturated rings. The lowest BCUT2D eigenvalue weighted by molar-refractivity contribution is -0.385. The number of rotatable bonds is 5. The average molecular weight is 333 g/mol. The van der Waals surface area contributed by atoms with Crippen molar-refractivity contribution in [2.45, 2.75) is 31.7 Å². The fourth-order valence-corrected chi connectivity index (χ4v) is 2.65. The van der Waals surface area contributed by atoms with Gasteiger partial charge in [0.25, 0.3) is 11.6 Å². The number of nitro groups is 1. The molecule has 0 spiro atoms. The lowest BCUT2D eigenvalue weighted by Crippen LogP contribution is -2.25. The molecule has 1 aromatic carbocycles. The Morgan fingerprint density at radius 1 is 1.46 bits per heavy atom. The summed E-state index contributed by atoms with van der Waals surface area (Å²) in [7, 11) is 1.83. The number of hydrogen-bond donors (Lipinski definition) is 1. The van der Waals surface area contributed by atoms with E-state index in [9.17, 15) is 19.3 Å². The molecule has 8 nitrogen and oxygen atoms in total. The second-order valence-electron chi connectivity index (χ2n) is 5.76. The van der Waals surface area contributed by atoms with Gasteiger partial charge in [0.2, 0.25) is 0 Å². The Labute approximate surface area is 136 Å². The standard InChI is InChI=1S/C15H16FN5O3/c1-20-13(18-19-14(20)9-3-2-4-9)8-17-15(22)11-6-5-10(16)7-12(11)21(23)24/h5-7,9H,2-4,8H2,1H3,(H,17,22). The Kier molecular flexibility index (Phi) is 4.24. The first-order valence-electron chi connectivity index (χ1n) is 7.57. The molecule has 0 aliphatic heterocycles. The van der Waals surface area contributed by atoms with E-state index >= 15 is 0 Å². The van der Waals surface area contributed by atoms with Crippen LogP contribution in [0.25, 0.3) is 0 Å². The second kappa shape index (κ2) is 6.34. The van der Waals surface area contributed by atoms with Crippen molar-refractivity contribution >= 4 is 11.6 Å². The van der Waals surface area contributed by atoms with Gasteiger partial charge in [0.15, 0.2) is 5.82 Å². The lowest BCUT2D eigenvalue weighted by atomic mass is 9.85. The molecule has 1 aliphatic rings. The summed E-state index contributed by atoms with van der Waals surface area (Å²) in [6.07, 6.45) is 3.35. The van der Waals surface area contributed by atoms with Crippen molar-refractivity contribution in [2.24, 2.45) is 7.05 Å². The third kappa shape index (κ3) is 2.97. The zero-order chi connectivity index (χ0) is 17.3. The third-order valence-electron chi connectivity index (χ3n) is 4.28. The van der Waals surface area contributed by atoms with E-state index in [4.69, 9.17) is 0 Å². The Hall–Kier alpha value is -2.84. The number of halogens is 1. The van der Waals surface area contributed by atoms with Gasteiger partial charge in [-0.15, -0.1) is 10.2 Å². The molecule has 1 N–H and O–H groups in total. The number of amides is 1. The van der Waals surface area contributed by atoms with E-state index in [0.29, 0.717) is 11.7 Å². The maximum atomic E-state index is 13.1. The van der Waals surface area contributed by atoms with Crippen LogP contribution in [0, 0.1) is 15.9 Å². The van der Waals surface area contributed by atoms with Gasteiger partial charge in [-0.05, 0) is 25.0 Å². The Balaban J connectivity index is 1.72. The van der Waals surface area contributed by atoms with Crippen molar-refractivity contribution in [2.75, 3.05) is 0 Å². The minimum atomic E-state index is -0.783. The van der Waals surface area contributed by atoms with Crippen molar-refractivity contribution in [1.29, 1.82) is 0 Å². The van der Waals surface area contributed by atoms with Crippen LogP contribution in [0.3, 0.4) is 0 Å². The van der Waals surface area contributed by atoms with E-state index in [2.05, 4.69) is 15.5 Å². The molecule has 0 atom stereocenters. The molecule has 1 aliphatic carbocycles. The molecular weight excluding hydrogens is 317 g/mol. The summed E-state index contributed by atoms with van der Waals surface area (Å²) in [6, 6.07) is 2.84. The third-order valence-corrected chi connectivity index (χ3v) is 4.28. The second-order valence-corrected chi connectivity index (χ2v) is 5.76. The summed E-state index contributed by atoms with van der Waals surface area (Å²) in [6.45, 7) is 0.0869. The minimum Gasteiger partial charge on any atom is -0.345 e. The van der Waals surface area contributed by atoms with Gasteiger partial charge >= 0.3 is 0 Å². The van der Waals surface area contributed by atoms with Gasteiger partial charge in [0.05, 0.1) is 17.5 Å². The quantitative estimate of drug-likeness (QED) is 0.666. The van der Waals surface area contributed by atoms with Crippen molar-refractivity contribution in [1.82, 2.24) is 20.1 Å². The van der Waals surface area contributed by atoms with Gasteiger partial charge in [-0.3, -0.25) is 14.9 Å². The van der Waals surface area contributed by atoms with Crippen LogP contribution in [-0.2, 0) is 13.6 Å². The Bertz CT molecular complexity index is 800. The number of carbonyl (C=O) groups excluding carboxylic acids is 1. The topological polar surface area (TPSA) is 103 Å². The maximum Gasteiger partial charge on any atom is 0.285 e. The number of aromatic nitrogens is 3. The molecule has 1 amide bonds. The monoisotopic (exact) mass is 333 g/mol. The van der Waals surface area contributed by atoms with Crippen LogP contribution in [-0.4, -0.2) is 25.6 Å². The molecule has 24 heavy (non-hydrogen) atoms. The van der Waals surface area contributed by atoms with Gasteiger partial charge in [-0.2, -0.15) is 0 Å². The largest absolute Gasteiger partial charge is 0.345 e. The molecule has 0 unspecified atom stereocenters. The van der Waals surface area contributed by atoms with Crippen molar-refractivity contribution in [3.63, 3.8) is 0 Å². The van der Waals surface area contributed by atoms with Gasteiger partial charge in [-0.25, -0.2) is 4.39 Å². The van der Waals surface area contributed by atoms with Crippen LogP contribution < -0.4 is 5.32 Å². The first-order chi connectivity index (χ1) is 11.5. The summed E-state index contributed by atoms with van der Waals surface area (Å²) in [5, 5.41) is 21.7. The molecule has 0 bridgehead atoms. The molecule has 0 radical (unpaired) electrons. The molecule has 3 rings (SSSR count). The van der Waals surface area contributed by atoms with E-state index < -0.39 is 22.3 Å². The SMILES string of the molecule is Cn1c(CNC(=O)c2ccc(F)cc2[N+](=O)[O-])nnc1C1CCC1. The fourth-order valence-electron chi connectivity index (χ4n) is 2.65. The molecule has 9 heteroatoms. The highest BCUT2D eigenvalue weighted by molar-refractivity contribution is 5.98. The highest BCUT2D eigenvalue weighted by Crippen LogP contribution is 2.35. The number of nitrogens with zero attached hydrogens (tertiary/aromatic N) is 4. The summed E-state index contributed by atoms with van der Waals surface area (Å²) < 4.78 is 15.0. The number of hydrogen-bond acceptors (Lipinski definition) is 5. The molecular formula is C15H16FN5O3. The predicted octanol–water partition coefficient (Wildman–Crippen LogP) is 2.06. The van der Waals surface area contributed by atoms with Crippen LogP contribution in [0.5, 0.6) is 0 Å². The van der Waals surface area contributed by atoms with Gasteiger partial charge < -0.3 is 9.88 Å². The summed E-state index contributed by atoms with van der Waals surface area (Å²) >= 11 is 0. The number of nitrogens with one attached hydrogen (secondary N) is 1. The number of carbonyl (C=O) groups is 1. The van der Waals surface area contributed by atoms with E-state index in [1.54, 1.807) is 0 Å². The summed E-state index contributed by atoms with van der Waals surface area (Å²) in [5.74, 6) is 0.435. The zero-order valence-corrected chi connectivity index (χ0v) is 13.0. The zero-order valence-electron chi connectivity index (χ0n) is 13.0. The highest BCUT2D eigenvalue weighted by atomic mass is 19.1. The van der Waals surface area contributed by atoms with Crippen molar-refractivity contribution in [3.8, 4) is 0 Å². The summed E-state index contributed by atoms with van der Waals surface area (Å²) in [5.41, 5.74) is -0.761. The number of nitro benzene ring substituents is 1. The van der Waals surface area contributed by atoms with Crippen LogP contribution >= 0.6 is 0 Å². The highest BCUT2D eigenvalue weighted by Gasteiger charge is 2.26. The van der Waals surface area contributed by atoms with Crippen LogP contribution in [0.2, 0.25) is 0 Å². The van der Waals surface area contributed by atoms with Gasteiger partial charge in [0, 0.05) is 13.0 Å². The van der Waals surface area contributed by atoms with E-state index in [0.717, 1.165) is 36.9 Å². The Morgan fingerprint density at radius 3 is 2.83 bits per heavy atom. The smallest absolute Gasteiger partial charge is 0.285 e. The normalized spacial score (nSPS) is 14.2. The van der Waals surface area contributed by atoms with E-state index in [-0.39, 0.29) is 12.1 Å². The predicted molar refractivity (Wildman–Crippen MR) is 81.8 cm³/mol. The number of benzene rings is 1. The Morgan fingerprint density at radius 2 is 2.21 bits per heavy atom. The van der Waals surface area contributed by atoms with E-state index in [1.165, 1.54) is 6.42 Å².